The Morgan fingerprint density at radius 1 is 1.46 bits per heavy atom. The number of rotatable bonds is 1. The van der Waals surface area contributed by atoms with Gasteiger partial charge in [0.2, 0.25) is 0 Å². The van der Waals surface area contributed by atoms with Gasteiger partial charge in [0.15, 0.2) is 0 Å². The van der Waals surface area contributed by atoms with Crippen molar-refractivity contribution in [3.63, 3.8) is 0 Å². The minimum Gasteiger partial charge on any atom is -0.385 e. The minimum absolute atomic E-state index is 0.00926. The Morgan fingerprint density at radius 2 is 2.15 bits per heavy atom. The van der Waals surface area contributed by atoms with Crippen LogP contribution in [0.25, 0.3) is 0 Å². The van der Waals surface area contributed by atoms with Crippen LogP contribution in [-0.2, 0) is 0 Å². The normalized spacial score (nSPS) is 41.9. The first kappa shape index (κ1) is 8.51. The van der Waals surface area contributed by atoms with E-state index >= 15 is 0 Å². The summed E-state index contributed by atoms with van der Waals surface area (Å²) in [4.78, 5) is 0. The topological polar surface area (TPSA) is 70.1 Å². The van der Waals surface area contributed by atoms with E-state index in [1.807, 2.05) is 18.2 Å². The molecule has 2 rings (SSSR count). The summed E-state index contributed by atoms with van der Waals surface area (Å²) < 4.78 is 0. The van der Waals surface area contributed by atoms with E-state index in [9.17, 15) is 5.11 Å². The third kappa shape index (κ3) is 1.11. The highest BCUT2D eigenvalue weighted by Crippen LogP contribution is 2.43. The standard InChI is InChI=1S/C10H14N2O/c11-9(12)10(13)6-5-7-3-1-2-4-8(7)10/h1-4,7-8,13H,5-6H2,(H3,11,12). The number of nitrogens with two attached hydrogens (primary N) is 1. The first-order valence-corrected chi connectivity index (χ1v) is 4.56. The van der Waals surface area contributed by atoms with Crippen molar-refractivity contribution in [2.45, 2.75) is 18.4 Å². The highest BCUT2D eigenvalue weighted by Gasteiger charge is 2.47. The molecule has 0 radical (unpaired) electrons. The summed E-state index contributed by atoms with van der Waals surface area (Å²) in [6, 6.07) is 0. The van der Waals surface area contributed by atoms with Crippen molar-refractivity contribution in [1.82, 2.24) is 0 Å². The second kappa shape index (κ2) is 2.70. The molecule has 3 heteroatoms. The summed E-state index contributed by atoms with van der Waals surface area (Å²) in [5.41, 5.74) is 4.32. The third-order valence-corrected chi connectivity index (χ3v) is 3.13. The molecule has 2 aliphatic carbocycles. The van der Waals surface area contributed by atoms with Crippen LogP contribution in [0.3, 0.4) is 0 Å². The van der Waals surface area contributed by atoms with Crippen LogP contribution < -0.4 is 5.73 Å². The molecule has 3 unspecified atom stereocenters. The van der Waals surface area contributed by atoms with Gasteiger partial charge >= 0.3 is 0 Å². The van der Waals surface area contributed by atoms with E-state index in [0.717, 1.165) is 6.42 Å². The van der Waals surface area contributed by atoms with Crippen molar-refractivity contribution in [2.24, 2.45) is 17.6 Å². The van der Waals surface area contributed by atoms with Gasteiger partial charge in [-0.05, 0) is 18.8 Å². The van der Waals surface area contributed by atoms with Crippen molar-refractivity contribution in [1.29, 1.82) is 5.41 Å². The van der Waals surface area contributed by atoms with Crippen LogP contribution in [0.4, 0.5) is 0 Å². The minimum atomic E-state index is -1.09. The Balaban J connectivity index is 2.31. The number of fused-ring (bicyclic) bond motifs is 1. The zero-order valence-electron chi connectivity index (χ0n) is 7.40. The molecule has 0 aromatic carbocycles. The maximum absolute atomic E-state index is 10.1. The van der Waals surface area contributed by atoms with Crippen molar-refractivity contribution < 1.29 is 5.11 Å². The number of hydrogen-bond acceptors (Lipinski definition) is 2. The van der Waals surface area contributed by atoms with E-state index in [0.29, 0.717) is 12.3 Å². The van der Waals surface area contributed by atoms with Gasteiger partial charge in [-0.3, -0.25) is 5.41 Å². The fraction of sp³-hybridized carbons (Fsp3) is 0.500. The molecule has 70 valence electrons. The summed E-state index contributed by atoms with van der Waals surface area (Å²) in [6.45, 7) is 0. The maximum atomic E-state index is 10.1. The molecule has 13 heavy (non-hydrogen) atoms. The molecule has 1 fully saturated rings. The average Bonchev–Trinajstić information content (AvgIpc) is 2.47. The Morgan fingerprint density at radius 3 is 2.85 bits per heavy atom. The molecule has 0 aromatic heterocycles. The van der Waals surface area contributed by atoms with Gasteiger partial charge in [0, 0.05) is 5.92 Å². The second-order valence-corrected chi connectivity index (χ2v) is 3.84. The predicted octanol–water partition coefficient (Wildman–Crippen LogP) is 0.806. The van der Waals surface area contributed by atoms with Crippen LogP contribution in [0.15, 0.2) is 24.3 Å². The SMILES string of the molecule is N=C(N)C1(O)CCC2C=CC=CC21. The van der Waals surface area contributed by atoms with Crippen LogP contribution in [0, 0.1) is 17.2 Å². The second-order valence-electron chi connectivity index (χ2n) is 3.84. The summed E-state index contributed by atoms with van der Waals surface area (Å²) in [7, 11) is 0. The number of allylic oxidation sites excluding steroid dienone is 3. The first-order chi connectivity index (χ1) is 6.14. The van der Waals surface area contributed by atoms with Crippen molar-refractivity contribution >= 4 is 5.84 Å². The lowest BCUT2D eigenvalue weighted by atomic mass is 9.82. The van der Waals surface area contributed by atoms with Gasteiger partial charge in [0.25, 0.3) is 0 Å². The Kier molecular flexibility index (Phi) is 1.77. The van der Waals surface area contributed by atoms with Crippen LogP contribution in [0.2, 0.25) is 0 Å². The van der Waals surface area contributed by atoms with E-state index in [4.69, 9.17) is 11.1 Å². The maximum Gasteiger partial charge on any atom is 0.128 e. The molecule has 0 heterocycles. The lowest BCUT2D eigenvalue weighted by molar-refractivity contribution is 0.0821. The molecular weight excluding hydrogens is 164 g/mol. The zero-order valence-corrected chi connectivity index (χ0v) is 7.40. The Bertz CT molecular complexity index is 295. The van der Waals surface area contributed by atoms with E-state index in [1.54, 1.807) is 0 Å². The van der Waals surface area contributed by atoms with Gasteiger partial charge < -0.3 is 10.8 Å². The van der Waals surface area contributed by atoms with Gasteiger partial charge in [0.1, 0.15) is 11.4 Å². The van der Waals surface area contributed by atoms with Gasteiger partial charge in [0.05, 0.1) is 0 Å². The smallest absolute Gasteiger partial charge is 0.128 e. The largest absolute Gasteiger partial charge is 0.385 e. The van der Waals surface area contributed by atoms with E-state index in [-0.39, 0.29) is 11.8 Å². The summed E-state index contributed by atoms with van der Waals surface area (Å²) >= 11 is 0. The lowest BCUT2D eigenvalue weighted by Gasteiger charge is -2.29. The summed E-state index contributed by atoms with van der Waals surface area (Å²) in [6.07, 6.45) is 9.48. The Labute approximate surface area is 77.5 Å². The summed E-state index contributed by atoms with van der Waals surface area (Å²) in [5.74, 6) is 0.272. The molecule has 1 saturated carbocycles. The molecule has 0 saturated heterocycles. The van der Waals surface area contributed by atoms with Crippen LogP contribution in [0.5, 0.6) is 0 Å². The van der Waals surface area contributed by atoms with Gasteiger partial charge in [-0.1, -0.05) is 24.3 Å². The molecule has 0 bridgehead atoms. The molecule has 0 amide bonds. The van der Waals surface area contributed by atoms with E-state index in [1.165, 1.54) is 0 Å². The fourth-order valence-electron chi connectivity index (χ4n) is 2.31. The number of nitrogens with one attached hydrogen (secondary N) is 1. The van der Waals surface area contributed by atoms with Gasteiger partial charge in [-0.15, -0.1) is 0 Å². The molecule has 0 aliphatic heterocycles. The van der Waals surface area contributed by atoms with Crippen LogP contribution >= 0.6 is 0 Å². The summed E-state index contributed by atoms with van der Waals surface area (Å²) in [5, 5.41) is 17.5. The molecule has 2 aliphatic rings. The predicted molar refractivity (Wildman–Crippen MR) is 51.4 cm³/mol. The number of amidine groups is 1. The lowest BCUT2D eigenvalue weighted by Crippen LogP contribution is -2.46. The van der Waals surface area contributed by atoms with Gasteiger partial charge in [-0.25, -0.2) is 0 Å². The third-order valence-electron chi connectivity index (χ3n) is 3.13. The molecule has 4 N–H and O–H groups in total. The zero-order chi connectivity index (χ0) is 9.47. The molecule has 0 aromatic rings. The van der Waals surface area contributed by atoms with Crippen LogP contribution in [-0.4, -0.2) is 16.5 Å². The van der Waals surface area contributed by atoms with Crippen molar-refractivity contribution in [3.05, 3.63) is 24.3 Å². The Hall–Kier alpha value is -1.09. The van der Waals surface area contributed by atoms with E-state index < -0.39 is 5.60 Å². The first-order valence-electron chi connectivity index (χ1n) is 4.56. The monoisotopic (exact) mass is 178 g/mol. The van der Waals surface area contributed by atoms with Gasteiger partial charge in [-0.2, -0.15) is 0 Å². The van der Waals surface area contributed by atoms with E-state index in [2.05, 4.69) is 6.08 Å². The number of aliphatic hydroxyl groups is 1. The number of hydrogen-bond donors (Lipinski definition) is 3. The van der Waals surface area contributed by atoms with Crippen LogP contribution in [0.1, 0.15) is 12.8 Å². The molecule has 0 spiro atoms. The van der Waals surface area contributed by atoms with Crippen molar-refractivity contribution in [2.75, 3.05) is 0 Å². The highest BCUT2D eigenvalue weighted by atomic mass is 16.3. The average molecular weight is 178 g/mol. The highest BCUT2D eigenvalue weighted by molar-refractivity contribution is 5.87. The van der Waals surface area contributed by atoms with Crippen molar-refractivity contribution in [3.8, 4) is 0 Å². The molecule has 3 nitrogen and oxygen atoms in total. The fourth-order valence-corrected chi connectivity index (χ4v) is 2.31. The molecule has 3 atom stereocenters. The quantitative estimate of drug-likeness (QED) is 0.410. The molecular formula is C10H14N2O.